The maximum atomic E-state index is 12.5. The molecule has 0 amide bonds. The summed E-state index contributed by atoms with van der Waals surface area (Å²) in [7, 11) is -3.57. The highest BCUT2D eigenvalue weighted by molar-refractivity contribution is 7.91. The third-order valence-corrected chi connectivity index (χ3v) is 7.81. The number of ether oxygens (including phenoxy) is 1. The summed E-state index contributed by atoms with van der Waals surface area (Å²) in [6, 6.07) is 8.64. The van der Waals surface area contributed by atoms with Crippen molar-refractivity contribution >= 4 is 48.8 Å². The van der Waals surface area contributed by atoms with Gasteiger partial charge >= 0.3 is 0 Å². The van der Waals surface area contributed by atoms with Crippen LogP contribution >= 0.6 is 22.9 Å². The molecule has 0 unspecified atom stereocenters. The maximum absolute atomic E-state index is 12.5. The van der Waals surface area contributed by atoms with Gasteiger partial charge in [-0.05, 0) is 42.3 Å². The lowest BCUT2D eigenvalue weighted by atomic mass is 10.2. The van der Waals surface area contributed by atoms with Crippen molar-refractivity contribution in [3.63, 3.8) is 0 Å². The fourth-order valence-corrected chi connectivity index (χ4v) is 5.98. The van der Waals surface area contributed by atoms with Gasteiger partial charge in [0.1, 0.15) is 0 Å². The van der Waals surface area contributed by atoms with Crippen LogP contribution in [0.2, 0.25) is 5.28 Å². The van der Waals surface area contributed by atoms with Crippen molar-refractivity contribution in [2.75, 3.05) is 37.0 Å². The van der Waals surface area contributed by atoms with Crippen LogP contribution in [0.4, 0.5) is 5.82 Å². The molecule has 154 valence electrons. The van der Waals surface area contributed by atoms with Crippen molar-refractivity contribution in [3.05, 3.63) is 35.6 Å². The Labute approximate surface area is 177 Å². The van der Waals surface area contributed by atoms with Gasteiger partial charge in [0.2, 0.25) is 5.28 Å². The van der Waals surface area contributed by atoms with E-state index < -0.39 is 15.9 Å². The Morgan fingerprint density at radius 2 is 2.03 bits per heavy atom. The minimum absolute atomic E-state index is 0.177. The molecule has 0 radical (unpaired) electrons. The SMILES string of the molecule is C[C@H](O)CS(=O)(=O)c1cccc(-c2cc3nc(Cl)nc(N4CCOCC4)c3s2)c1. The standard InChI is InChI=1S/C19H20ClN3O4S2/c1-12(24)11-29(25,26)14-4-2-3-13(9-14)16-10-15-17(28-16)18(22-19(20)21-15)23-5-7-27-8-6-23/h2-4,9-10,12,24H,5-8,11H2,1H3/t12-/m0/s1. The van der Waals surface area contributed by atoms with E-state index in [0.29, 0.717) is 13.2 Å². The first-order valence-corrected chi connectivity index (χ1v) is 12.0. The molecule has 7 nitrogen and oxygen atoms in total. The fourth-order valence-electron chi connectivity index (χ4n) is 3.28. The quantitative estimate of drug-likeness (QED) is 0.593. The number of sulfone groups is 1. The van der Waals surface area contributed by atoms with Gasteiger partial charge in [0.25, 0.3) is 0 Å². The number of aliphatic hydroxyl groups is 1. The summed E-state index contributed by atoms with van der Waals surface area (Å²) in [4.78, 5) is 12.0. The van der Waals surface area contributed by atoms with Crippen molar-refractivity contribution < 1.29 is 18.3 Å². The molecular weight excluding hydrogens is 434 g/mol. The topological polar surface area (TPSA) is 92.6 Å². The second-order valence-electron chi connectivity index (χ2n) is 6.90. The number of aromatic nitrogens is 2. The number of rotatable bonds is 5. The highest BCUT2D eigenvalue weighted by atomic mass is 35.5. The molecule has 1 N–H and O–H groups in total. The molecule has 4 rings (SSSR count). The number of hydrogen-bond acceptors (Lipinski definition) is 8. The van der Waals surface area contributed by atoms with Gasteiger partial charge < -0.3 is 14.7 Å². The number of hydrogen-bond donors (Lipinski definition) is 1. The smallest absolute Gasteiger partial charge is 0.224 e. The molecule has 1 saturated heterocycles. The number of fused-ring (bicyclic) bond motifs is 1. The van der Waals surface area contributed by atoms with Crippen LogP contribution in [-0.2, 0) is 14.6 Å². The zero-order chi connectivity index (χ0) is 20.6. The molecule has 1 aliphatic heterocycles. The molecule has 0 aliphatic carbocycles. The number of anilines is 1. The van der Waals surface area contributed by atoms with E-state index in [1.807, 2.05) is 12.1 Å². The van der Waals surface area contributed by atoms with E-state index in [4.69, 9.17) is 16.3 Å². The van der Waals surface area contributed by atoms with E-state index in [9.17, 15) is 13.5 Å². The Hall–Kier alpha value is -1.78. The molecule has 1 aliphatic rings. The molecule has 1 fully saturated rings. The Kier molecular flexibility index (Phi) is 5.76. The van der Waals surface area contributed by atoms with Crippen molar-refractivity contribution in [1.29, 1.82) is 0 Å². The third kappa shape index (κ3) is 4.39. The van der Waals surface area contributed by atoms with E-state index in [1.54, 1.807) is 18.2 Å². The van der Waals surface area contributed by atoms with E-state index in [0.717, 1.165) is 39.6 Å². The van der Waals surface area contributed by atoms with Crippen LogP contribution in [0.5, 0.6) is 0 Å². The molecule has 1 atom stereocenters. The number of nitrogens with zero attached hydrogens (tertiary/aromatic N) is 3. The molecule has 1 aromatic carbocycles. The highest BCUT2D eigenvalue weighted by Gasteiger charge is 2.21. The number of halogens is 1. The predicted octanol–water partition coefficient (Wildman–Crippen LogP) is 3.00. The van der Waals surface area contributed by atoms with Gasteiger partial charge in [-0.25, -0.2) is 13.4 Å². The van der Waals surface area contributed by atoms with E-state index in [-0.39, 0.29) is 15.9 Å². The summed E-state index contributed by atoms with van der Waals surface area (Å²) < 4.78 is 31.3. The van der Waals surface area contributed by atoms with Gasteiger partial charge in [-0.15, -0.1) is 11.3 Å². The summed E-state index contributed by atoms with van der Waals surface area (Å²) in [6.07, 6.45) is -0.929. The van der Waals surface area contributed by atoms with Gasteiger partial charge in [-0.1, -0.05) is 12.1 Å². The fraction of sp³-hybridized carbons (Fsp3) is 0.368. The molecule has 2 aromatic heterocycles. The number of aliphatic hydroxyl groups excluding tert-OH is 1. The number of morpholine rings is 1. The Morgan fingerprint density at radius 1 is 1.28 bits per heavy atom. The first-order chi connectivity index (χ1) is 13.8. The van der Waals surface area contributed by atoms with Crippen molar-refractivity contribution in [1.82, 2.24) is 9.97 Å². The lowest BCUT2D eigenvalue weighted by Crippen LogP contribution is -2.36. The molecule has 10 heteroatoms. The van der Waals surface area contributed by atoms with E-state index >= 15 is 0 Å². The zero-order valence-electron chi connectivity index (χ0n) is 15.7. The monoisotopic (exact) mass is 453 g/mol. The lowest BCUT2D eigenvalue weighted by Gasteiger charge is -2.28. The Balaban J connectivity index is 1.76. The van der Waals surface area contributed by atoms with Crippen LogP contribution in [0.1, 0.15) is 6.92 Å². The van der Waals surface area contributed by atoms with Gasteiger partial charge in [-0.3, -0.25) is 0 Å². The first-order valence-electron chi connectivity index (χ1n) is 9.14. The molecule has 0 saturated carbocycles. The summed E-state index contributed by atoms with van der Waals surface area (Å²) in [5.41, 5.74) is 1.49. The van der Waals surface area contributed by atoms with Crippen molar-refractivity contribution in [2.24, 2.45) is 0 Å². The summed E-state index contributed by atoms with van der Waals surface area (Å²) in [5.74, 6) is 0.461. The van der Waals surface area contributed by atoms with Crippen LogP contribution in [-0.4, -0.2) is 61.7 Å². The minimum atomic E-state index is -3.57. The Bertz CT molecular complexity index is 1140. The minimum Gasteiger partial charge on any atom is -0.392 e. The first kappa shape index (κ1) is 20.5. The van der Waals surface area contributed by atoms with Crippen LogP contribution in [0.3, 0.4) is 0 Å². The summed E-state index contributed by atoms with van der Waals surface area (Å²) in [6.45, 7) is 4.17. The average Bonchev–Trinajstić information content (AvgIpc) is 3.11. The molecule has 0 spiro atoms. The molecule has 29 heavy (non-hydrogen) atoms. The molecular formula is C19H20ClN3O4S2. The van der Waals surface area contributed by atoms with Crippen LogP contribution in [0.25, 0.3) is 20.7 Å². The molecule has 3 heterocycles. The molecule has 3 aromatic rings. The normalized spacial score (nSPS) is 16.3. The van der Waals surface area contributed by atoms with Crippen LogP contribution in [0.15, 0.2) is 35.2 Å². The maximum Gasteiger partial charge on any atom is 0.224 e. The number of thiophene rings is 1. The summed E-state index contributed by atoms with van der Waals surface area (Å²) in [5, 5.41) is 9.67. The zero-order valence-corrected chi connectivity index (χ0v) is 18.1. The van der Waals surface area contributed by atoms with Crippen molar-refractivity contribution in [2.45, 2.75) is 17.9 Å². The van der Waals surface area contributed by atoms with E-state index in [2.05, 4.69) is 14.9 Å². The van der Waals surface area contributed by atoms with E-state index in [1.165, 1.54) is 18.3 Å². The van der Waals surface area contributed by atoms with Crippen LogP contribution in [0, 0.1) is 0 Å². The lowest BCUT2D eigenvalue weighted by molar-refractivity contribution is 0.122. The van der Waals surface area contributed by atoms with Crippen molar-refractivity contribution in [3.8, 4) is 10.4 Å². The largest absolute Gasteiger partial charge is 0.392 e. The number of benzene rings is 1. The second-order valence-corrected chi connectivity index (χ2v) is 10.3. The van der Waals surface area contributed by atoms with Gasteiger partial charge in [0, 0.05) is 18.0 Å². The van der Waals surface area contributed by atoms with Gasteiger partial charge in [0.15, 0.2) is 15.7 Å². The second kappa shape index (κ2) is 8.16. The third-order valence-electron chi connectivity index (χ3n) is 4.58. The predicted molar refractivity (Wildman–Crippen MR) is 115 cm³/mol. The summed E-state index contributed by atoms with van der Waals surface area (Å²) >= 11 is 7.66. The molecule has 0 bridgehead atoms. The average molecular weight is 454 g/mol. The van der Waals surface area contributed by atoms with Gasteiger partial charge in [0.05, 0.1) is 40.2 Å². The Morgan fingerprint density at radius 3 is 2.76 bits per heavy atom. The highest BCUT2D eigenvalue weighted by Crippen LogP contribution is 2.38. The van der Waals surface area contributed by atoms with Gasteiger partial charge in [-0.2, -0.15) is 4.98 Å². The van der Waals surface area contributed by atoms with Crippen LogP contribution < -0.4 is 4.90 Å².